The van der Waals surface area contributed by atoms with Crippen molar-refractivity contribution in [3.8, 4) is 11.3 Å². The van der Waals surface area contributed by atoms with Crippen molar-refractivity contribution in [1.82, 2.24) is 9.88 Å². The van der Waals surface area contributed by atoms with Crippen molar-refractivity contribution >= 4 is 5.91 Å². The first-order valence-corrected chi connectivity index (χ1v) is 8.88. The zero-order valence-electron chi connectivity index (χ0n) is 14.8. The van der Waals surface area contributed by atoms with E-state index in [-0.39, 0.29) is 5.91 Å². The molecule has 0 spiro atoms. The van der Waals surface area contributed by atoms with Crippen molar-refractivity contribution < 1.29 is 4.79 Å². The van der Waals surface area contributed by atoms with Crippen LogP contribution in [0.2, 0.25) is 0 Å². The number of rotatable bonds is 3. The van der Waals surface area contributed by atoms with E-state index in [0.717, 1.165) is 28.9 Å². The van der Waals surface area contributed by atoms with Gasteiger partial charge in [-0.2, -0.15) is 0 Å². The van der Waals surface area contributed by atoms with Crippen LogP contribution in [-0.4, -0.2) is 28.9 Å². The zero-order valence-corrected chi connectivity index (χ0v) is 14.8. The molecule has 0 radical (unpaired) electrons. The van der Waals surface area contributed by atoms with Crippen LogP contribution in [0.4, 0.5) is 0 Å². The lowest BCUT2D eigenvalue weighted by Crippen LogP contribution is -2.42. The summed E-state index contributed by atoms with van der Waals surface area (Å²) in [5, 5.41) is 0. The molecule has 1 aliphatic rings. The average Bonchev–Trinajstić information content (AvgIpc) is 2.61. The largest absolute Gasteiger partial charge is 0.338 e. The predicted molar refractivity (Wildman–Crippen MR) is 97.9 cm³/mol. The number of amides is 1. The summed E-state index contributed by atoms with van der Waals surface area (Å²) in [6.07, 6.45) is 4.83. The first-order chi connectivity index (χ1) is 11.6. The van der Waals surface area contributed by atoms with E-state index in [0.29, 0.717) is 12.0 Å². The van der Waals surface area contributed by atoms with Crippen LogP contribution in [-0.2, 0) is 0 Å². The summed E-state index contributed by atoms with van der Waals surface area (Å²) in [4.78, 5) is 19.5. The predicted octanol–water partition coefficient (Wildman–Crippen LogP) is 4.71. The molecular weight excluding hydrogens is 296 g/mol. The fourth-order valence-electron chi connectivity index (χ4n) is 3.77. The van der Waals surface area contributed by atoms with Crippen LogP contribution in [0.3, 0.4) is 0 Å². The molecule has 0 unspecified atom stereocenters. The number of carbonyl (C=O) groups excluding carboxylic acids is 1. The van der Waals surface area contributed by atoms with Crippen LogP contribution in [0.1, 0.15) is 48.7 Å². The first kappa shape index (κ1) is 16.7. The van der Waals surface area contributed by atoms with Crippen LogP contribution in [0.25, 0.3) is 11.3 Å². The van der Waals surface area contributed by atoms with Crippen molar-refractivity contribution in [2.45, 2.75) is 45.6 Å². The Bertz CT molecular complexity index is 711. The number of aryl methyl sites for hydroxylation is 1. The molecule has 0 N–H and O–H groups in total. The van der Waals surface area contributed by atoms with E-state index in [4.69, 9.17) is 0 Å². The van der Waals surface area contributed by atoms with Gasteiger partial charge in [-0.1, -0.05) is 50.1 Å². The Labute approximate surface area is 144 Å². The summed E-state index contributed by atoms with van der Waals surface area (Å²) >= 11 is 0. The smallest absolute Gasteiger partial charge is 0.255 e. The van der Waals surface area contributed by atoms with Crippen molar-refractivity contribution in [3.05, 3.63) is 53.7 Å². The number of hydrogen-bond acceptors (Lipinski definition) is 2. The van der Waals surface area contributed by atoms with Crippen LogP contribution in [0, 0.1) is 12.8 Å². The Kier molecular flexibility index (Phi) is 4.98. The van der Waals surface area contributed by atoms with Gasteiger partial charge in [-0.05, 0) is 37.8 Å². The standard InChI is InChI=1S/C21H26N2O/c1-15-9-7-8-12-20(15)23(3)21(24)18-13-14-19(22-16(18)2)17-10-5-4-6-11-17/h4-6,10-11,13-15,20H,7-9,12H2,1-3H3/t15-,20+/m1/s1. The van der Waals surface area contributed by atoms with Crippen molar-refractivity contribution in [2.75, 3.05) is 7.05 Å². The van der Waals surface area contributed by atoms with Crippen molar-refractivity contribution in [3.63, 3.8) is 0 Å². The van der Waals surface area contributed by atoms with Gasteiger partial charge in [-0.3, -0.25) is 9.78 Å². The Hall–Kier alpha value is -2.16. The van der Waals surface area contributed by atoms with Gasteiger partial charge in [0.15, 0.2) is 0 Å². The maximum atomic E-state index is 12.9. The van der Waals surface area contributed by atoms with Gasteiger partial charge >= 0.3 is 0 Å². The van der Waals surface area contributed by atoms with E-state index in [1.165, 1.54) is 19.3 Å². The molecule has 3 nitrogen and oxygen atoms in total. The molecule has 2 aromatic rings. The lowest BCUT2D eigenvalue weighted by Gasteiger charge is -2.36. The molecule has 0 aliphatic heterocycles. The molecule has 1 fully saturated rings. The summed E-state index contributed by atoms with van der Waals surface area (Å²) in [5.41, 5.74) is 3.51. The third-order valence-electron chi connectivity index (χ3n) is 5.27. The summed E-state index contributed by atoms with van der Waals surface area (Å²) in [7, 11) is 1.94. The molecular formula is C21H26N2O. The highest BCUT2D eigenvalue weighted by Gasteiger charge is 2.29. The first-order valence-electron chi connectivity index (χ1n) is 8.88. The van der Waals surface area contributed by atoms with Crippen molar-refractivity contribution in [1.29, 1.82) is 0 Å². The number of nitrogens with zero attached hydrogens (tertiary/aromatic N) is 2. The van der Waals surface area contributed by atoms with E-state index in [1.54, 1.807) is 0 Å². The minimum atomic E-state index is 0.0957. The molecule has 1 heterocycles. The van der Waals surface area contributed by atoms with Gasteiger partial charge in [0, 0.05) is 18.7 Å². The van der Waals surface area contributed by atoms with E-state index in [9.17, 15) is 4.79 Å². The molecule has 1 aromatic carbocycles. The SMILES string of the molecule is Cc1nc(-c2ccccc2)ccc1C(=O)N(C)[C@H]1CCCC[C@H]1C. The molecule has 3 rings (SSSR count). The normalized spacial score (nSPS) is 20.6. The van der Waals surface area contributed by atoms with Crippen LogP contribution >= 0.6 is 0 Å². The van der Waals surface area contributed by atoms with Crippen LogP contribution < -0.4 is 0 Å². The lowest BCUT2D eigenvalue weighted by atomic mass is 9.85. The van der Waals surface area contributed by atoms with Gasteiger partial charge in [-0.15, -0.1) is 0 Å². The Balaban J connectivity index is 1.82. The molecule has 1 aliphatic carbocycles. The number of carbonyl (C=O) groups is 1. The second-order valence-electron chi connectivity index (χ2n) is 6.94. The third-order valence-corrected chi connectivity index (χ3v) is 5.27. The summed E-state index contributed by atoms with van der Waals surface area (Å²) in [6.45, 7) is 4.19. The maximum Gasteiger partial charge on any atom is 0.255 e. The molecule has 0 saturated heterocycles. The Morgan fingerprint density at radius 2 is 1.79 bits per heavy atom. The van der Waals surface area contributed by atoms with Gasteiger partial charge in [0.1, 0.15) is 0 Å². The lowest BCUT2D eigenvalue weighted by molar-refractivity contribution is 0.0628. The molecule has 1 amide bonds. The van der Waals surface area contributed by atoms with E-state index >= 15 is 0 Å². The number of hydrogen-bond donors (Lipinski definition) is 0. The second-order valence-corrected chi connectivity index (χ2v) is 6.94. The molecule has 2 atom stereocenters. The summed E-state index contributed by atoms with van der Waals surface area (Å²) < 4.78 is 0. The minimum Gasteiger partial charge on any atom is -0.338 e. The number of benzene rings is 1. The van der Waals surface area contributed by atoms with Crippen LogP contribution in [0.5, 0.6) is 0 Å². The fraction of sp³-hybridized carbons (Fsp3) is 0.429. The van der Waals surface area contributed by atoms with Gasteiger partial charge < -0.3 is 4.90 Å². The number of pyridine rings is 1. The fourth-order valence-corrected chi connectivity index (χ4v) is 3.77. The van der Waals surface area contributed by atoms with Gasteiger partial charge in [0.2, 0.25) is 0 Å². The maximum absolute atomic E-state index is 12.9. The molecule has 126 valence electrons. The van der Waals surface area contributed by atoms with Gasteiger partial charge in [0.25, 0.3) is 5.91 Å². The zero-order chi connectivity index (χ0) is 17.1. The second kappa shape index (κ2) is 7.16. The molecule has 0 bridgehead atoms. The van der Waals surface area contributed by atoms with E-state index in [2.05, 4.69) is 11.9 Å². The van der Waals surface area contributed by atoms with E-state index in [1.807, 2.05) is 61.3 Å². The summed E-state index contributed by atoms with van der Waals surface area (Å²) in [5.74, 6) is 0.669. The monoisotopic (exact) mass is 322 g/mol. The molecule has 1 aromatic heterocycles. The number of aromatic nitrogens is 1. The Morgan fingerprint density at radius 1 is 1.08 bits per heavy atom. The van der Waals surface area contributed by atoms with Crippen LogP contribution in [0.15, 0.2) is 42.5 Å². The van der Waals surface area contributed by atoms with Gasteiger partial charge in [0.05, 0.1) is 17.0 Å². The molecule has 24 heavy (non-hydrogen) atoms. The Morgan fingerprint density at radius 3 is 2.46 bits per heavy atom. The summed E-state index contributed by atoms with van der Waals surface area (Å²) in [6, 6.07) is 14.3. The van der Waals surface area contributed by atoms with Crippen molar-refractivity contribution in [2.24, 2.45) is 5.92 Å². The highest BCUT2D eigenvalue weighted by Crippen LogP contribution is 2.29. The van der Waals surface area contributed by atoms with Gasteiger partial charge in [-0.25, -0.2) is 0 Å². The molecule has 1 saturated carbocycles. The molecule has 3 heteroatoms. The third kappa shape index (κ3) is 3.35. The average molecular weight is 322 g/mol. The topological polar surface area (TPSA) is 33.2 Å². The quantitative estimate of drug-likeness (QED) is 0.820. The minimum absolute atomic E-state index is 0.0957. The van der Waals surface area contributed by atoms with E-state index < -0.39 is 0 Å². The highest BCUT2D eigenvalue weighted by atomic mass is 16.2. The highest BCUT2D eigenvalue weighted by molar-refractivity contribution is 5.95.